The Hall–Kier alpha value is -3.13. The minimum Gasteiger partial charge on any atom is -0.469 e. The minimum absolute atomic E-state index is 0.00962. The van der Waals surface area contributed by atoms with Crippen LogP contribution in [0.15, 0.2) is 33.8 Å². The number of aromatic amines is 1. The third-order valence-corrected chi connectivity index (χ3v) is 5.50. The van der Waals surface area contributed by atoms with Crippen LogP contribution >= 0.6 is 0 Å². The van der Waals surface area contributed by atoms with Crippen LogP contribution in [0.2, 0.25) is 0 Å². The molecule has 1 aliphatic heterocycles. The van der Waals surface area contributed by atoms with Crippen LogP contribution in [-0.2, 0) is 26.6 Å². The summed E-state index contributed by atoms with van der Waals surface area (Å²) in [6.45, 7) is 6.24. The molecule has 0 bridgehead atoms. The second-order valence-corrected chi connectivity index (χ2v) is 7.47. The lowest BCUT2D eigenvalue weighted by Crippen LogP contribution is -2.36. The van der Waals surface area contributed by atoms with Crippen molar-refractivity contribution in [3.05, 3.63) is 63.2 Å². The Morgan fingerprint density at radius 2 is 2.18 bits per heavy atom. The summed E-state index contributed by atoms with van der Waals surface area (Å²) in [5.74, 6) is 0.808. The normalized spacial score (nSPS) is 14.7. The predicted octanol–water partition coefficient (Wildman–Crippen LogP) is 2.19. The van der Waals surface area contributed by atoms with Gasteiger partial charge in [-0.15, -0.1) is 0 Å². The quantitative estimate of drug-likeness (QED) is 0.591. The van der Waals surface area contributed by atoms with E-state index in [1.807, 2.05) is 37.7 Å². The second-order valence-electron chi connectivity index (χ2n) is 7.47. The topological polar surface area (TPSA) is 84.4 Å². The molecule has 4 aromatic rings. The SMILES string of the molecule is Cc1nn(C)cc1CN1CCc2c(nc3cc(-c4ccoc4C)[nH]n3c2=O)C1. The molecule has 5 heterocycles. The number of aromatic nitrogens is 5. The molecule has 28 heavy (non-hydrogen) atoms. The molecule has 0 aliphatic carbocycles. The van der Waals surface area contributed by atoms with E-state index in [2.05, 4.69) is 21.3 Å². The van der Waals surface area contributed by atoms with Crippen molar-refractivity contribution in [1.29, 1.82) is 0 Å². The Balaban J connectivity index is 1.50. The molecule has 0 amide bonds. The molecule has 0 atom stereocenters. The van der Waals surface area contributed by atoms with Gasteiger partial charge in [0.2, 0.25) is 0 Å². The van der Waals surface area contributed by atoms with E-state index in [4.69, 9.17) is 9.40 Å². The summed E-state index contributed by atoms with van der Waals surface area (Å²) in [6.07, 6.45) is 4.40. The summed E-state index contributed by atoms with van der Waals surface area (Å²) in [4.78, 5) is 20.1. The summed E-state index contributed by atoms with van der Waals surface area (Å²) in [5.41, 5.74) is 6.33. The molecule has 0 spiro atoms. The number of furan rings is 1. The molecule has 4 aromatic heterocycles. The average molecular weight is 378 g/mol. The van der Waals surface area contributed by atoms with Crippen molar-refractivity contribution in [3.8, 4) is 11.3 Å². The number of rotatable bonds is 3. The molecule has 8 nitrogen and oxygen atoms in total. The predicted molar refractivity (Wildman–Crippen MR) is 104 cm³/mol. The fourth-order valence-corrected chi connectivity index (χ4v) is 4.03. The zero-order valence-corrected chi connectivity index (χ0v) is 16.2. The van der Waals surface area contributed by atoms with E-state index in [1.54, 1.807) is 10.8 Å². The fourth-order valence-electron chi connectivity index (χ4n) is 4.03. The summed E-state index contributed by atoms with van der Waals surface area (Å²) >= 11 is 0. The monoisotopic (exact) mass is 378 g/mol. The van der Waals surface area contributed by atoms with Gasteiger partial charge >= 0.3 is 0 Å². The van der Waals surface area contributed by atoms with Gasteiger partial charge in [0.05, 0.1) is 23.3 Å². The second kappa shape index (κ2) is 6.20. The molecule has 0 radical (unpaired) electrons. The standard InChI is InChI=1S/C20H22N6O2/c1-12-14(9-24(3)22-12)10-25-6-4-16-18(11-25)21-19-8-17(23-26(19)20(16)27)15-5-7-28-13(15)2/h5,7-9,23H,4,6,10-11H2,1-3H3. The number of hydrogen-bond donors (Lipinski definition) is 1. The first-order chi connectivity index (χ1) is 13.5. The summed E-state index contributed by atoms with van der Waals surface area (Å²) in [7, 11) is 1.94. The number of nitrogens with zero attached hydrogens (tertiary/aromatic N) is 5. The minimum atomic E-state index is -0.00962. The lowest BCUT2D eigenvalue weighted by atomic mass is 10.1. The molecule has 0 aromatic carbocycles. The molecule has 0 saturated heterocycles. The van der Waals surface area contributed by atoms with E-state index >= 15 is 0 Å². The zero-order valence-electron chi connectivity index (χ0n) is 16.2. The van der Waals surface area contributed by atoms with E-state index in [1.165, 1.54) is 5.56 Å². The van der Waals surface area contributed by atoms with Crippen LogP contribution in [0.3, 0.4) is 0 Å². The van der Waals surface area contributed by atoms with Gasteiger partial charge in [0.1, 0.15) is 5.76 Å². The molecule has 0 unspecified atom stereocenters. The Morgan fingerprint density at radius 1 is 1.32 bits per heavy atom. The smallest absolute Gasteiger partial charge is 0.276 e. The van der Waals surface area contributed by atoms with Crippen LogP contribution in [0.4, 0.5) is 0 Å². The van der Waals surface area contributed by atoms with Crippen LogP contribution in [-0.4, -0.2) is 35.8 Å². The Bertz CT molecular complexity index is 1240. The summed E-state index contributed by atoms with van der Waals surface area (Å²) in [6, 6.07) is 3.80. The lowest BCUT2D eigenvalue weighted by Gasteiger charge is -2.27. The highest BCUT2D eigenvalue weighted by atomic mass is 16.3. The number of fused-ring (bicyclic) bond motifs is 2. The van der Waals surface area contributed by atoms with Crippen molar-refractivity contribution in [2.45, 2.75) is 33.4 Å². The lowest BCUT2D eigenvalue weighted by molar-refractivity contribution is 0.240. The first kappa shape index (κ1) is 17.0. The molecule has 0 saturated carbocycles. The largest absolute Gasteiger partial charge is 0.469 e. The van der Waals surface area contributed by atoms with Crippen LogP contribution in [0.25, 0.3) is 16.9 Å². The van der Waals surface area contributed by atoms with Gasteiger partial charge in [-0.2, -0.15) is 5.10 Å². The third kappa shape index (κ3) is 2.68. The number of H-pyrrole nitrogens is 1. The summed E-state index contributed by atoms with van der Waals surface area (Å²) < 4.78 is 8.77. The first-order valence-corrected chi connectivity index (χ1v) is 9.39. The Labute approximate surface area is 161 Å². The van der Waals surface area contributed by atoms with E-state index in [0.29, 0.717) is 18.6 Å². The maximum Gasteiger partial charge on any atom is 0.276 e. The van der Waals surface area contributed by atoms with Crippen LogP contribution < -0.4 is 5.56 Å². The van der Waals surface area contributed by atoms with Crippen molar-refractivity contribution < 1.29 is 4.42 Å². The van der Waals surface area contributed by atoms with Crippen molar-refractivity contribution in [2.75, 3.05) is 6.54 Å². The summed E-state index contributed by atoms with van der Waals surface area (Å²) in [5, 5.41) is 7.59. The fraction of sp³-hybridized carbons (Fsp3) is 0.350. The molecule has 144 valence electrons. The van der Waals surface area contributed by atoms with Crippen molar-refractivity contribution >= 4 is 5.65 Å². The maximum absolute atomic E-state index is 13.0. The van der Waals surface area contributed by atoms with Crippen LogP contribution in [0.1, 0.15) is 28.3 Å². The first-order valence-electron chi connectivity index (χ1n) is 9.39. The molecule has 5 rings (SSSR count). The highest BCUT2D eigenvalue weighted by Crippen LogP contribution is 2.24. The van der Waals surface area contributed by atoms with Gasteiger partial charge in [-0.3, -0.25) is 19.5 Å². The van der Waals surface area contributed by atoms with Gasteiger partial charge in [0.25, 0.3) is 5.56 Å². The maximum atomic E-state index is 13.0. The van der Waals surface area contributed by atoms with Gasteiger partial charge in [-0.1, -0.05) is 0 Å². The number of aryl methyl sites for hydroxylation is 3. The van der Waals surface area contributed by atoms with E-state index in [9.17, 15) is 4.79 Å². The van der Waals surface area contributed by atoms with Crippen molar-refractivity contribution in [2.24, 2.45) is 7.05 Å². The highest BCUT2D eigenvalue weighted by molar-refractivity contribution is 5.65. The Kier molecular flexibility index (Phi) is 3.77. The van der Waals surface area contributed by atoms with Gasteiger partial charge < -0.3 is 4.42 Å². The van der Waals surface area contributed by atoms with Gasteiger partial charge in [-0.25, -0.2) is 9.50 Å². The van der Waals surface area contributed by atoms with Crippen LogP contribution in [0, 0.1) is 13.8 Å². The number of nitrogens with one attached hydrogen (secondary N) is 1. The van der Waals surface area contributed by atoms with E-state index in [0.717, 1.165) is 47.1 Å². The number of hydrogen-bond acceptors (Lipinski definition) is 5. The molecule has 1 aliphatic rings. The van der Waals surface area contributed by atoms with Crippen LogP contribution in [0.5, 0.6) is 0 Å². The molecular weight excluding hydrogens is 356 g/mol. The molecule has 0 fully saturated rings. The Morgan fingerprint density at radius 3 is 2.89 bits per heavy atom. The average Bonchev–Trinajstić information content (AvgIpc) is 3.34. The van der Waals surface area contributed by atoms with E-state index < -0.39 is 0 Å². The van der Waals surface area contributed by atoms with Crippen molar-refractivity contribution in [3.63, 3.8) is 0 Å². The van der Waals surface area contributed by atoms with Gasteiger partial charge in [0.15, 0.2) is 5.65 Å². The molecule has 1 N–H and O–H groups in total. The highest BCUT2D eigenvalue weighted by Gasteiger charge is 2.23. The molecular formula is C20H22N6O2. The van der Waals surface area contributed by atoms with Gasteiger partial charge in [0, 0.05) is 55.6 Å². The van der Waals surface area contributed by atoms with Gasteiger partial charge in [-0.05, 0) is 26.3 Å². The molecule has 8 heteroatoms. The zero-order chi connectivity index (χ0) is 19.4. The van der Waals surface area contributed by atoms with Crippen molar-refractivity contribution in [1.82, 2.24) is 29.3 Å². The third-order valence-electron chi connectivity index (χ3n) is 5.50. The van der Waals surface area contributed by atoms with E-state index in [-0.39, 0.29) is 5.56 Å².